The lowest BCUT2D eigenvalue weighted by molar-refractivity contribution is -0.125. The van der Waals surface area contributed by atoms with Gasteiger partial charge in [-0.05, 0) is 25.0 Å². The van der Waals surface area contributed by atoms with Crippen LogP contribution in [0.15, 0.2) is 18.2 Å². The van der Waals surface area contributed by atoms with E-state index in [0.29, 0.717) is 23.5 Å². The van der Waals surface area contributed by atoms with E-state index in [1.165, 1.54) is 12.0 Å². The second-order valence-electron chi connectivity index (χ2n) is 5.62. The molecule has 1 aromatic rings. The number of benzene rings is 1. The third kappa shape index (κ3) is 1.77. The number of methoxy groups -OCH3 is 1. The highest BCUT2D eigenvalue weighted by molar-refractivity contribution is 6.22. The Labute approximate surface area is 117 Å². The summed E-state index contributed by atoms with van der Waals surface area (Å²) in [5.74, 6) is 0.297. The largest absolute Gasteiger partial charge is 0.495 e. The quantitative estimate of drug-likeness (QED) is 0.662. The highest BCUT2D eigenvalue weighted by Gasteiger charge is 2.53. The van der Waals surface area contributed by atoms with Crippen molar-refractivity contribution in [1.82, 2.24) is 0 Å². The number of carbonyl (C=O) groups is 2. The Morgan fingerprint density at radius 3 is 2.60 bits per heavy atom. The summed E-state index contributed by atoms with van der Waals surface area (Å²) < 4.78 is 5.16. The molecular weight excluding hydrogens is 256 g/mol. The van der Waals surface area contributed by atoms with Crippen LogP contribution in [-0.4, -0.2) is 18.9 Å². The van der Waals surface area contributed by atoms with E-state index in [-0.39, 0.29) is 11.8 Å². The van der Waals surface area contributed by atoms with Gasteiger partial charge in [-0.3, -0.25) is 9.59 Å². The summed E-state index contributed by atoms with van der Waals surface area (Å²) in [5.41, 5.74) is 6.36. The first-order valence-corrected chi connectivity index (χ1v) is 6.88. The molecule has 0 unspecified atom stereocenters. The molecule has 1 saturated heterocycles. The molecule has 2 N–H and O–H groups in total. The number of hydrogen-bond acceptors (Lipinski definition) is 4. The molecule has 1 saturated carbocycles. The normalized spacial score (nSPS) is 20.9. The van der Waals surface area contributed by atoms with Crippen LogP contribution in [-0.2, 0) is 9.59 Å². The van der Waals surface area contributed by atoms with Crippen LogP contribution in [0.25, 0.3) is 0 Å². The summed E-state index contributed by atoms with van der Waals surface area (Å²) in [6.45, 7) is 0. The van der Waals surface area contributed by atoms with Gasteiger partial charge in [-0.15, -0.1) is 0 Å². The van der Waals surface area contributed by atoms with Crippen LogP contribution in [0.2, 0.25) is 0 Å². The second-order valence-corrected chi connectivity index (χ2v) is 5.62. The maximum absolute atomic E-state index is 12.7. The number of anilines is 2. The van der Waals surface area contributed by atoms with Gasteiger partial charge in [0.15, 0.2) is 0 Å². The second kappa shape index (κ2) is 4.51. The van der Waals surface area contributed by atoms with Crippen molar-refractivity contribution in [2.45, 2.75) is 32.1 Å². The fourth-order valence-corrected chi connectivity index (χ4v) is 3.34. The van der Waals surface area contributed by atoms with Gasteiger partial charge >= 0.3 is 0 Å². The zero-order valence-electron chi connectivity index (χ0n) is 11.5. The fourth-order valence-electron chi connectivity index (χ4n) is 3.34. The highest BCUT2D eigenvalue weighted by Crippen LogP contribution is 2.48. The van der Waals surface area contributed by atoms with Crippen LogP contribution >= 0.6 is 0 Å². The fraction of sp³-hybridized carbons (Fsp3) is 0.467. The van der Waals surface area contributed by atoms with Gasteiger partial charge in [-0.2, -0.15) is 0 Å². The lowest BCUT2D eigenvalue weighted by Gasteiger charge is -2.21. The molecule has 3 rings (SSSR count). The van der Waals surface area contributed by atoms with Crippen LogP contribution in [0, 0.1) is 5.41 Å². The Hall–Kier alpha value is -2.04. The molecule has 5 heteroatoms. The predicted molar refractivity (Wildman–Crippen MR) is 75.4 cm³/mol. The van der Waals surface area contributed by atoms with Crippen molar-refractivity contribution < 1.29 is 14.3 Å². The van der Waals surface area contributed by atoms with E-state index < -0.39 is 5.41 Å². The SMILES string of the molecule is COc1cc(N2C(=O)CC3(CCCC3)C2=O)ccc1N. The first-order valence-electron chi connectivity index (χ1n) is 6.88. The topological polar surface area (TPSA) is 72.6 Å². The first kappa shape index (κ1) is 13.0. The van der Waals surface area contributed by atoms with Crippen LogP contribution in [0.4, 0.5) is 11.4 Å². The van der Waals surface area contributed by atoms with Gasteiger partial charge in [-0.25, -0.2) is 4.90 Å². The van der Waals surface area contributed by atoms with Crippen LogP contribution < -0.4 is 15.4 Å². The van der Waals surface area contributed by atoms with Crippen molar-refractivity contribution in [3.05, 3.63) is 18.2 Å². The number of amides is 2. The molecule has 0 aromatic heterocycles. The summed E-state index contributed by atoms with van der Waals surface area (Å²) >= 11 is 0. The number of nitrogens with two attached hydrogens (primary N) is 1. The first-order chi connectivity index (χ1) is 9.57. The molecule has 1 heterocycles. The molecule has 2 fully saturated rings. The van der Waals surface area contributed by atoms with Crippen LogP contribution in [0.5, 0.6) is 5.75 Å². The van der Waals surface area contributed by atoms with Gasteiger partial charge < -0.3 is 10.5 Å². The van der Waals surface area contributed by atoms with Crippen LogP contribution in [0.1, 0.15) is 32.1 Å². The Kier molecular flexibility index (Phi) is 2.92. The van der Waals surface area contributed by atoms with Gasteiger partial charge in [0.2, 0.25) is 11.8 Å². The zero-order chi connectivity index (χ0) is 14.3. The van der Waals surface area contributed by atoms with Gasteiger partial charge in [0, 0.05) is 12.5 Å². The Balaban J connectivity index is 1.98. The van der Waals surface area contributed by atoms with E-state index in [1.54, 1.807) is 18.2 Å². The van der Waals surface area contributed by atoms with Gasteiger partial charge in [0.25, 0.3) is 0 Å². The van der Waals surface area contributed by atoms with E-state index in [9.17, 15) is 9.59 Å². The Bertz CT molecular complexity index is 576. The standard InChI is InChI=1S/C15H18N2O3/c1-20-12-8-10(4-5-11(12)16)17-13(18)9-15(14(17)19)6-2-3-7-15/h4-5,8H,2-3,6-7,9,16H2,1H3. The molecule has 1 aliphatic carbocycles. The smallest absolute Gasteiger partial charge is 0.240 e. The number of rotatable bonds is 2. The van der Waals surface area contributed by atoms with Gasteiger partial charge in [0.05, 0.1) is 23.9 Å². The van der Waals surface area contributed by atoms with E-state index >= 15 is 0 Å². The molecule has 20 heavy (non-hydrogen) atoms. The summed E-state index contributed by atoms with van der Waals surface area (Å²) in [5, 5.41) is 0. The summed E-state index contributed by atoms with van der Waals surface area (Å²) in [6.07, 6.45) is 4.02. The molecule has 1 aromatic carbocycles. The molecular formula is C15H18N2O3. The molecule has 2 aliphatic rings. The predicted octanol–water partition coefficient (Wildman–Crippen LogP) is 2.10. The van der Waals surface area contributed by atoms with Gasteiger partial charge in [-0.1, -0.05) is 12.8 Å². The minimum atomic E-state index is -0.453. The minimum absolute atomic E-state index is 0.0631. The molecule has 0 atom stereocenters. The monoisotopic (exact) mass is 274 g/mol. The molecule has 1 aliphatic heterocycles. The van der Waals surface area contributed by atoms with Crippen molar-refractivity contribution >= 4 is 23.2 Å². The van der Waals surface area contributed by atoms with E-state index in [2.05, 4.69) is 0 Å². The van der Waals surface area contributed by atoms with Crippen molar-refractivity contribution in [2.24, 2.45) is 5.41 Å². The van der Waals surface area contributed by atoms with Gasteiger partial charge in [0.1, 0.15) is 5.75 Å². The maximum atomic E-state index is 12.7. The number of hydrogen-bond donors (Lipinski definition) is 1. The van der Waals surface area contributed by atoms with E-state index in [1.807, 2.05) is 0 Å². The zero-order valence-corrected chi connectivity index (χ0v) is 11.5. The third-order valence-corrected chi connectivity index (χ3v) is 4.43. The molecule has 2 amide bonds. The van der Waals surface area contributed by atoms with E-state index in [0.717, 1.165) is 25.7 Å². The lowest BCUT2D eigenvalue weighted by Crippen LogP contribution is -2.34. The van der Waals surface area contributed by atoms with Crippen molar-refractivity contribution in [2.75, 3.05) is 17.7 Å². The summed E-state index contributed by atoms with van der Waals surface area (Å²) in [6, 6.07) is 5.01. The molecule has 0 radical (unpaired) electrons. The number of nitrogens with zero attached hydrogens (tertiary/aromatic N) is 1. The molecule has 0 bridgehead atoms. The molecule has 106 valence electrons. The van der Waals surface area contributed by atoms with Crippen molar-refractivity contribution in [1.29, 1.82) is 0 Å². The van der Waals surface area contributed by atoms with Crippen LogP contribution in [0.3, 0.4) is 0 Å². The minimum Gasteiger partial charge on any atom is -0.495 e. The summed E-state index contributed by atoms with van der Waals surface area (Å²) in [7, 11) is 1.52. The number of imide groups is 1. The Morgan fingerprint density at radius 1 is 1.25 bits per heavy atom. The Morgan fingerprint density at radius 2 is 1.95 bits per heavy atom. The molecule has 1 spiro atoms. The molecule has 5 nitrogen and oxygen atoms in total. The average Bonchev–Trinajstić information content (AvgIpc) is 2.98. The van der Waals surface area contributed by atoms with E-state index in [4.69, 9.17) is 10.5 Å². The maximum Gasteiger partial charge on any atom is 0.240 e. The highest BCUT2D eigenvalue weighted by atomic mass is 16.5. The van der Waals surface area contributed by atoms with Crippen molar-refractivity contribution in [3.8, 4) is 5.75 Å². The lowest BCUT2D eigenvalue weighted by atomic mass is 9.84. The number of ether oxygens (including phenoxy) is 1. The third-order valence-electron chi connectivity index (χ3n) is 4.43. The number of nitrogen functional groups attached to an aromatic ring is 1. The number of carbonyl (C=O) groups excluding carboxylic acids is 2. The van der Waals surface area contributed by atoms with Crippen molar-refractivity contribution in [3.63, 3.8) is 0 Å². The average molecular weight is 274 g/mol. The summed E-state index contributed by atoms with van der Waals surface area (Å²) in [4.78, 5) is 26.2.